The number of hydrogen-bond donors (Lipinski definition) is 1. The van der Waals surface area contributed by atoms with Crippen molar-refractivity contribution in [2.45, 2.75) is 6.42 Å². The van der Waals surface area contributed by atoms with Gasteiger partial charge in [0.15, 0.2) is 0 Å². The molecular formula is C23H27N5O. The normalized spacial score (nSPS) is 14.0. The third kappa shape index (κ3) is 4.96. The van der Waals surface area contributed by atoms with Crippen LogP contribution in [0, 0.1) is 0 Å². The van der Waals surface area contributed by atoms with E-state index in [1.54, 1.807) is 7.11 Å². The summed E-state index contributed by atoms with van der Waals surface area (Å²) in [4.78, 5) is 13.9. The topological polar surface area (TPSA) is 53.5 Å². The fourth-order valence-electron chi connectivity index (χ4n) is 3.57. The van der Waals surface area contributed by atoms with Crippen molar-refractivity contribution in [2.75, 3.05) is 55.0 Å². The van der Waals surface area contributed by atoms with Crippen LogP contribution in [-0.4, -0.2) is 49.8 Å². The van der Waals surface area contributed by atoms with Crippen molar-refractivity contribution in [1.82, 2.24) is 9.97 Å². The van der Waals surface area contributed by atoms with Gasteiger partial charge in [-0.3, -0.25) is 0 Å². The van der Waals surface area contributed by atoms with Gasteiger partial charge in [-0.05, 0) is 42.3 Å². The minimum Gasteiger partial charge on any atom is -0.497 e. The van der Waals surface area contributed by atoms with Crippen molar-refractivity contribution in [1.29, 1.82) is 0 Å². The number of ether oxygens (including phenoxy) is 1. The van der Waals surface area contributed by atoms with Gasteiger partial charge < -0.3 is 19.9 Å². The van der Waals surface area contributed by atoms with Gasteiger partial charge in [0.2, 0.25) is 5.95 Å². The summed E-state index contributed by atoms with van der Waals surface area (Å²) in [7, 11) is 1.69. The average Bonchev–Trinajstić information content (AvgIpc) is 2.80. The van der Waals surface area contributed by atoms with Crippen LogP contribution in [0.3, 0.4) is 0 Å². The van der Waals surface area contributed by atoms with E-state index >= 15 is 0 Å². The second-order valence-electron chi connectivity index (χ2n) is 7.08. The molecule has 29 heavy (non-hydrogen) atoms. The Morgan fingerprint density at radius 3 is 2.52 bits per heavy atom. The van der Waals surface area contributed by atoms with Gasteiger partial charge in [-0.2, -0.15) is 4.98 Å². The molecule has 0 saturated carbocycles. The molecule has 1 saturated heterocycles. The summed E-state index contributed by atoms with van der Waals surface area (Å²) in [6, 6.07) is 20.7. The fourth-order valence-corrected chi connectivity index (χ4v) is 3.57. The van der Waals surface area contributed by atoms with Crippen molar-refractivity contribution in [3.63, 3.8) is 0 Å². The van der Waals surface area contributed by atoms with Crippen LogP contribution < -0.4 is 19.9 Å². The maximum absolute atomic E-state index is 5.29. The Morgan fingerprint density at radius 2 is 1.72 bits per heavy atom. The number of nitrogens with zero attached hydrogens (tertiary/aromatic N) is 4. The van der Waals surface area contributed by atoms with Crippen LogP contribution >= 0.6 is 0 Å². The van der Waals surface area contributed by atoms with Gasteiger partial charge in [-0.1, -0.05) is 30.3 Å². The molecule has 0 radical (unpaired) electrons. The number of anilines is 3. The van der Waals surface area contributed by atoms with Crippen molar-refractivity contribution in [2.24, 2.45) is 0 Å². The second kappa shape index (κ2) is 9.28. The van der Waals surface area contributed by atoms with Crippen molar-refractivity contribution < 1.29 is 4.74 Å². The summed E-state index contributed by atoms with van der Waals surface area (Å²) in [5.74, 6) is 2.55. The molecule has 1 N–H and O–H groups in total. The third-order valence-corrected chi connectivity index (χ3v) is 5.18. The molecule has 6 heteroatoms. The zero-order chi connectivity index (χ0) is 19.9. The highest BCUT2D eigenvalue weighted by molar-refractivity contribution is 5.49. The zero-order valence-electron chi connectivity index (χ0n) is 16.8. The summed E-state index contributed by atoms with van der Waals surface area (Å²) in [5.41, 5.74) is 2.52. The van der Waals surface area contributed by atoms with Crippen molar-refractivity contribution in [3.8, 4) is 5.75 Å². The summed E-state index contributed by atoms with van der Waals surface area (Å²) < 4.78 is 5.29. The molecule has 4 rings (SSSR count). The molecule has 2 heterocycles. The number of para-hydroxylation sites is 1. The SMILES string of the molecule is COc1cccc(CCNc2ccnc(N3CCN(c4ccccc4)CC3)n2)c1. The van der Waals surface area contributed by atoms with Crippen LogP contribution in [-0.2, 0) is 6.42 Å². The van der Waals surface area contributed by atoms with E-state index < -0.39 is 0 Å². The Balaban J connectivity index is 1.31. The molecule has 0 spiro atoms. The highest BCUT2D eigenvalue weighted by Crippen LogP contribution is 2.19. The minimum absolute atomic E-state index is 0.795. The van der Waals surface area contributed by atoms with Crippen LogP contribution in [0.1, 0.15) is 5.56 Å². The number of rotatable bonds is 7. The first kappa shape index (κ1) is 19.1. The number of benzene rings is 2. The van der Waals surface area contributed by atoms with E-state index in [0.717, 1.165) is 56.7 Å². The molecule has 6 nitrogen and oxygen atoms in total. The van der Waals surface area contributed by atoms with Crippen LogP contribution in [0.2, 0.25) is 0 Å². The molecule has 2 aromatic carbocycles. The second-order valence-corrected chi connectivity index (χ2v) is 7.08. The van der Waals surface area contributed by atoms with E-state index in [9.17, 15) is 0 Å². The quantitative estimate of drug-likeness (QED) is 0.668. The highest BCUT2D eigenvalue weighted by Gasteiger charge is 2.19. The van der Waals surface area contributed by atoms with Crippen LogP contribution in [0.15, 0.2) is 66.9 Å². The summed E-state index contributed by atoms with van der Waals surface area (Å²) in [6.07, 6.45) is 2.74. The molecular weight excluding hydrogens is 362 g/mol. The van der Waals surface area contributed by atoms with Crippen LogP contribution in [0.25, 0.3) is 0 Å². The Bertz CT molecular complexity index is 910. The number of methoxy groups -OCH3 is 1. The van der Waals surface area contributed by atoms with Gasteiger partial charge in [-0.25, -0.2) is 4.98 Å². The van der Waals surface area contributed by atoms with Crippen molar-refractivity contribution in [3.05, 3.63) is 72.4 Å². The molecule has 0 unspecified atom stereocenters. The van der Waals surface area contributed by atoms with Gasteiger partial charge >= 0.3 is 0 Å². The number of hydrogen-bond acceptors (Lipinski definition) is 6. The lowest BCUT2D eigenvalue weighted by Crippen LogP contribution is -2.47. The zero-order valence-corrected chi connectivity index (χ0v) is 16.8. The molecule has 1 aliphatic heterocycles. The van der Waals surface area contributed by atoms with E-state index in [2.05, 4.69) is 62.6 Å². The largest absolute Gasteiger partial charge is 0.497 e. The molecule has 3 aromatic rings. The number of nitrogens with one attached hydrogen (secondary N) is 1. The highest BCUT2D eigenvalue weighted by atomic mass is 16.5. The summed E-state index contributed by atoms with van der Waals surface area (Å²) >= 11 is 0. The molecule has 0 amide bonds. The molecule has 1 fully saturated rings. The first-order chi connectivity index (χ1) is 14.3. The van der Waals surface area contributed by atoms with Crippen LogP contribution in [0.4, 0.5) is 17.5 Å². The number of piperazine rings is 1. The Kier molecular flexibility index (Phi) is 6.10. The lowest BCUT2D eigenvalue weighted by molar-refractivity contribution is 0.414. The van der Waals surface area contributed by atoms with Gasteiger partial charge in [-0.15, -0.1) is 0 Å². The molecule has 150 valence electrons. The predicted molar refractivity (Wildman–Crippen MR) is 118 cm³/mol. The summed E-state index contributed by atoms with van der Waals surface area (Å²) in [6.45, 7) is 4.59. The molecule has 0 bridgehead atoms. The number of aromatic nitrogens is 2. The third-order valence-electron chi connectivity index (χ3n) is 5.18. The standard InChI is InChI=1S/C23H27N5O/c1-29-21-9-5-6-19(18-21)10-12-24-22-11-13-25-23(26-22)28-16-14-27(15-17-28)20-7-3-2-4-8-20/h2-9,11,13,18H,10,12,14-17H2,1H3,(H,24,25,26). The molecule has 0 aliphatic carbocycles. The lowest BCUT2D eigenvalue weighted by atomic mass is 10.1. The molecule has 1 aliphatic rings. The van der Waals surface area contributed by atoms with E-state index in [1.807, 2.05) is 24.4 Å². The van der Waals surface area contributed by atoms with Gasteiger partial charge in [0.25, 0.3) is 0 Å². The minimum atomic E-state index is 0.795. The monoisotopic (exact) mass is 389 g/mol. The summed E-state index contributed by atoms with van der Waals surface area (Å²) in [5, 5.41) is 3.42. The molecule has 0 atom stereocenters. The molecule has 1 aromatic heterocycles. The smallest absolute Gasteiger partial charge is 0.227 e. The van der Waals surface area contributed by atoms with Gasteiger partial charge in [0.1, 0.15) is 11.6 Å². The Hall–Kier alpha value is -3.28. The van der Waals surface area contributed by atoms with E-state index in [-0.39, 0.29) is 0 Å². The Labute approximate surface area is 172 Å². The first-order valence-electron chi connectivity index (χ1n) is 10.1. The van der Waals surface area contributed by atoms with E-state index in [4.69, 9.17) is 9.72 Å². The average molecular weight is 390 g/mol. The maximum Gasteiger partial charge on any atom is 0.227 e. The predicted octanol–water partition coefficient (Wildman–Crippen LogP) is 3.47. The van der Waals surface area contributed by atoms with Gasteiger partial charge in [0.05, 0.1) is 7.11 Å². The van der Waals surface area contributed by atoms with E-state index in [0.29, 0.717) is 0 Å². The maximum atomic E-state index is 5.29. The fraction of sp³-hybridized carbons (Fsp3) is 0.304. The lowest BCUT2D eigenvalue weighted by Gasteiger charge is -2.36. The van der Waals surface area contributed by atoms with E-state index in [1.165, 1.54) is 11.3 Å². The van der Waals surface area contributed by atoms with Gasteiger partial charge in [0, 0.05) is 44.6 Å². The Morgan fingerprint density at radius 1 is 0.931 bits per heavy atom. The first-order valence-corrected chi connectivity index (χ1v) is 10.1. The van der Waals surface area contributed by atoms with Crippen molar-refractivity contribution >= 4 is 17.5 Å². The van der Waals surface area contributed by atoms with Crippen LogP contribution in [0.5, 0.6) is 5.75 Å².